The van der Waals surface area contributed by atoms with Crippen molar-refractivity contribution >= 4 is 11.6 Å². The minimum Gasteiger partial charge on any atom is -0.484 e. The maximum Gasteiger partial charge on any atom is 0.272 e. The van der Waals surface area contributed by atoms with E-state index in [2.05, 4.69) is 6.07 Å². The zero-order chi connectivity index (χ0) is 17.7. The molecule has 1 aliphatic carbocycles. The van der Waals surface area contributed by atoms with Crippen molar-refractivity contribution in [3.05, 3.63) is 33.9 Å². The molecule has 1 saturated carbocycles. The summed E-state index contributed by atoms with van der Waals surface area (Å²) >= 11 is 0. The fraction of sp³-hybridized carbons (Fsp3) is 0.529. The number of hydrogen-bond acceptors (Lipinski definition) is 5. The Morgan fingerprint density at radius 1 is 1.42 bits per heavy atom. The van der Waals surface area contributed by atoms with Gasteiger partial charge in [0.2, 0.25) is 0 Å². The van der Waals surface area contributed by atoms with Crippen LogP contribution in [0.4, 0.5) is 5.69 Å². The van der Waals surface area contributed by atoms with E-state index < -0.39 is 10.5 Å². The van der Waals surface area contributed by atoms with Crippen LogP contribution >= 0.6 is 0 Å². The first kappa shape index (κ1) is 17.7. The molecular formula is C17H21N3O4. The van der Waals surface area contributed by atoms with E-state index in [0.717, 1.165) is 19.3 Å². The summed E-state index contributed by atoms with van der Waals surface area (Å²) in [5, 5.41) is 20.3. The van der Waals surface area contributed by atoms with Gasteiger partial charge in [-0.25, -0.2) is 0 Å². The highest BCUT2D eigenvalue weighted by Crippen LogP contribution is 2.32. The number of nitriles is 1. The molecule has 24 heavy (non-hydrogen) atoms. The predicted molar refractivity (Wildman–Crippen MR) is 87.5 cm³/mol. The van der Waals surface area contributed by atoms with Crippen LogP contribution in [-0.2, 0) is 4.79 Å². The molecule has 7 nitrogen and oxygen atoms in total. The monoisotopic (exact) mass is 331 g/mol. The smallest absolute Gasteiger partial charge is 0.272 e. The van der Waals surface area contributed by atoms with Crippen molar-refractivity contribution in [1.82, 2.24) is 4.90 Å². The van der Waals surface area contributed by atoms with Gasteiger partial charge in [-0.3, -0.25) is 14.9 Å². The van der Waals surface area contributed by atoms with E-state index in [1.807, 2.05) is 0 Å². The van der Waals surface area contributed by atoms with Crippen LogP contribution in [0.3, 0.4) is 0 Å². The first-order valence-corrected chi connectivity index (χ1v) is 7.95. The summed E-state index contributed by atoms with van der Waals surface area (Å²) in [4.78, 5) is 24.2. The van der Waals surface area contributed by atoms with Crippen LogP contribution in [0.1, 0.15) is 37.7 Å². The Morgan fingerprint density at radius 3 is 2.62 bits per heavy atom. The summed E-state index contributed by atoms with van der Waals surface area (Å²) < 4.78 is 5.46. The number of hydrogen-bond donors (Lipinski definition) is 0. The van der Waals surface area contributed by atoms with Gasteiger partial charge in [-0.2, -0.15) is 5.26 Å². The molecule has 0 aromatic heterocycles. The third kappa shape index (κ3) is 3.65. The quantitative estimate of drug-likeness (QED) is 0.610. The lowest BCUT2D eigenvalue weighted by atomic mass is 9.81. The second-order valence-electron chi connectivity index (χ2n) is 6.15. The maximum absolute atomic E-state index is 12.4. The van der Waals surface area contributed by atoms with Crippen LogP contribution in [0.5, 0.6) is 5.75 Å². The van der Waals surface area contributed by atoms with Crippen molar-refractivity contribution in [2.45, 2.75) is 44.6 Å². The van der Waals surface area contributed by atoms with E-state index in [9.17, 15) is 20.2 Å². The third-order valence-corrected chi connectivity index (χ3v) is 4.63. The largest absolute Gasteiger partial charge is 0.484 e. The van der Waals surface area contributed by atoms with Gasteiger partial charge in [0.25, 0.3) is 11.6 Å². The molecule has 0 atom stereocenters. The third-order valence-electron chi connectivity index (χ3n) is 4.63. The molecule has 0 unspecified atom stereocenters. The van der Waals surface area contributed by atoms with Gasteiger partial charge in [-0.1, -0.05) is 19.3 Å². The Kier molecular flexibility index (Phi) is 5.39. The molecule has 0 N–H and O–H groups in total. The molecular weight excluding hydrogens is 310 g/mol. The highest BCUT2D eigenvalue weighted by atomic mass is 16.6. The highest BCUT2D eigenvalue weighted by molar-refractivity contribution is 5.79. The average molecular weight is 331 g/mol. The van der Waals surface area contributed by atoms with Gasteiger partial charge < -0.3 is 9.64 Å². The lowest BCUT2D eigenvalue weighted by molar-refractivity contribution is -0.385. The van der Waals surface area contributed by atoms with Gasteiger partial charge in [0.05, 0.1) is 11.0 Å². The summed E-state index contributed by atoms with van der Waals surface area (Å²) in [7, 11) is 1.64. The van der Waals surface area contributed by atoms with E-state index in [1.165, 1.54) is 23.1 Å². The van der Waals surface area contributed by atoms with Gasteiger partial charge in [0.1, 0.15) is 11.3 Å². The Balaban J connectivity index is 2.01. The molecule has 1 aliphatic rings. The van der Waals surface area contributed by atoms with E-state index in [4.69, 9.17) is 4.74 Å². The number of carbonyl (C=O) groups excluding carboxylic acids is 1. The van der Waals surface area contributed by atoms with Crippen molar-refractivity contribution in [3.63, 3.8) is 0 Å². The van der Waals surface area contributed by atoms with Crippen molar-refractivity contribution < 1.29 is 14.5 Å². The maximum atomic E-state index is 12.4. The zero-order valence-corrected chi connectivity index (χ0v) is 13.9. The number of benzene rings is 1. The van der Waals surface area contributed by atoms with Gasteiger partial charge in [-0.15, -0.1) is 0 Å². The number of rotatable bonds is 5. The number of carbonyl (C=O) groups is 1. The molecule has 128 valence electrons. The van der Waals surface area contributed by atoms with Crippen molar-refractivity contribution in [2.75, 3.05) is 13.7 Å². The first-order valence-electron chi connectivity index (χ1n) is 7.95. The fourth-order valence-corrected chi connectivity index (χ4v) is 3.06. The number of aryl methyl sites for hydroxylation is 1. The van der Waals surface area contributed by atoms with E-state index in [0.29, 0.717) is 24.2 Å². The number of likely N-dealkylation sites (N-methyl/N-ethyl adjacent to an activating group) is 1. The normalized spacial score (nSPS) is 16.0. The minimum absolute atomic E-state index is 0.0106. The zero-order valence-electron chi connectivity index (χ0n) is 13.9. The number of amides is 1. The second-order valence-corrected chi connectivity index (χ2v) is 6.15. The Bertz CT molecular complexity index is 675. The molecule has 0 saturated heterocycles. The molecule has 0 heterocycles. The molecule has 2 rings (SSSR count). The summed E-state index contributed by atoms with van der Waals surface area (Å²) in [6, 6.07) is 6.66. The standard InChI is InChI=1S/C17H21N3O4/c1-13-10-14(6-7-15(13)20(22)23)24-11-16(21)19(2)17(12-18)8-4-3-5-9-17/h6-7,10H,3-5,8-9,11H2,1-2H3. The first-order chi connectivity index (χ1) is 11.4. The van der Waals surface area contributed by atoms with Gasteiger partial charge in [0.15, 0.2) is 6.61 Å². The molecule has 1 fully saturated rings. The van der Waals surface area contributed by atoms with Crippen LogP contribution in [-0.4, -0.2) is 34.9 Å². The molecule has 0 spiro atoms. The predicted octanol–water partition coefficient (Wildman–Crippen LogP) is 2.97. The number of nitro benzene ring substituents is 1. The van der Waals surface area contributed by atoms with E-state index in [-0.39, 0.29) is 18.2 Å². The van der Waals surface area contributed by atoms with Crippen LogP contribution in [0.25, 0.3) is 0 Å². The topological polar surface area (TPSA) is 96.5 Å². The van der Waals surface area contributed by atoms with Gasteiger partial charge in [-0.05, 0) is 31.9 Å². The van der Waals surface area contributed by atoms with Crippen LogP contribution in [0.2, 0.25) is 0 Å². The van der Waals surface area contributed by atoms with Gasteiger partial charge in [0, 0.05) is 18.7 Å². The Labute approximate surface area is 141 Å². The number of nitrogens with zero attached hydrogens (tertiary/aromatic N) is 3. The summed E-state index contributed by atoms with van der Waals surface area (Å²) in [6.07, 6.45) is 4.33. The summed E-state index contributed by atoms with van der Waals surface area (Å²) in [5.74, 6) is 0.129. The molecule has 1 aromatic carbocycles. The number of ether oxygens (including phenoxy) is 1. The summed E-state index contributed by atoms with van der Waals surface area (Å²) in [6.45, 7) is 1.42. The second kappa shape index (κ2) is 7.30. The van der Waals surface area contributed by atoms with E-state index >= 15 is 0 Å². The molecule has 0 radical (unpaired) electrons. The van der Waals surface area contributed by atoms with Crippen molar-refractivity contribution in [3.8, 4) is 11.8 Å². The van der Waals surface area contributed by atoms with Crippen LogP contribution < -0.4 is 4.74 Å². The highest BCUT2D eigenvalue weighted by Gasteiger charge is 2.38. The Hall–Kier alpha value is -2.62. The SMILES string of the molecule is Cc1cc(OCC(=O)N(C)C2(C#N)CCCCC2)ccc1[N+](=O)[O-]. The molecule has 1 aromatic rings. The molecule has 0 aliphatic heterocycles. The fourth-order valence-electron chi connectivity index (χ4n) is 3.06. The molecule has 7 heteroatoms. The van der Waals surface area contributed by atoms with Gasteiger partial charge >= 0.3 is 0 Å². The van der Waals surface area contributed by atoms with Crippen molar-refractivity contribution in [1.29, 1.82) is 5.26 Å². The van der Waals surface area contributed by atoms with Crippen molar-refractivity contribution in [2.24, 2.45) is 0 Å². The lowest BCUT2D eigenvalue weighted by Crippen LogP contribution is -2.51. The van der Waals surface area contributed by atoms with Crippen LogP contribution in [0, 0.1) is 28.4 Å². The average Bonchev–Trinajstić information content (AvgIpc) is 2.59. The number of nitro groups is 1. The minimum atomic E-state index is -0.746. The lowest BCUT2D eigenvalue weighted by Gasteiger charge is -2.38. The molecule has 1 amide bonds. The van der Waals surface area contributed by atoms with E-state index in [1.54, 1.807) is 14.0 Å². The molecule has 0 bridgehead atoms. The van der Waals surface area contributed by atoms with Crippen LogP contribution in [0.15, 0.2) is 18.2 Å². The Morgan fingerprint density at radius 2 is 2.08 bits per heavy atom. The summed E-state index contributed by atoms with van der Waals surface area (Å²) in [5.41, 5.74) is -0.264.